The molecule has 0 aliphatic carbocycles. The molecule has 0 aliphatic heterocycles. The summed E-state index contributed by atoms with van der Waals surface area (Å²) in [6, 6.07) is 19.3. The molecule has 0 unspecified atom stereocenters. The Bertz CT molecular complexity index is 1180. The van der Waals surface area contributed by atoms with E-state index in [1.54, 1.807) is 19.2 Å². The summed E-state index contributed by atoms with van der Waals surface area (Å²) in [5.41, 5.74) is 4.16. The number of H-pyrrole nitrogens is 1. The third kappa shape index (κ3) is 5.14. The standard InChI is InChI=1S/C24H25N5O2/c1-25-24(26-12-11-18-16-27-21-9-3-2-8-20(18)21)28-15-17-6-4-7-19(14-17)29-23(30)22-10-5-13-31-22/h2-10,13-14,16,27H,11-12,15H2,1H3,(H,29,30)(H2,25,26,28). The Kier molecular flexibility index (Phi) is 6.32. The van der Waals surface area contributed by atoms with Crippen molar-refractivity contribution in [3.8, 4) is 0 Å². The normalized spacial score (nSPS) is 11.5. The molecule has 0 aliphatic rings. The van der Waals surface area contributed by atoms with Gasteiger partial charge in [0, 0.05) is 42.9 Å². The number of carbonyl (C=O) groups excluding carboxylic acids is 1. The van der Waals surface area contributed by atoms with E-state index in [1.165, 1.54) is 17.2 Å². The predicted molar refractivity (Wildman–Crippen MR) is 123 cm³/mol. The molecule has 0 bridgehead atoms. The summed E-state index contributed by atoms with van der Waals surface area (Å²) in [5.74, 6) is 0.734. The number of aromatic amines is 1. The number of nitrogens with zero attached hydrogens (tertiary/aromatic N) is 1. The summed E-state index contributed by atoms with van der Waals surface area (Å²) >= 11 is 0. The zero-order valence-electron chi connectivity index (χ0n) is 17.3. The van der Waals surface area contributed by atoms with Crippen molar-refractivity contribution >= 4 is 28.5 Å². The fourth-order valence-electron chi connectivity index (χ4n) is 3.42. The van der Waals surface area contributed by atoms with Crippen LogP contribution in [-0.4, -0.2) is 30.4 Å². The summed E-state index contributed by atoms with van der Waals surface area (Å²) in [6.07, 6.45) is 4.43. The number of hydrogen-bond acceptors (Lipinski definition) is 3. The SMILES string of the molecule is CN=C(NCCc1c[nH]c2ccccc12)NCc1cccc(NC(=O)c2ccco2)c1. The quantitative estimate of drug-likeness (QED) is 0.272. The highest BCUT2D eigenvalue weighted by Gasteiger charge is 2.09. The molecule has 2 aromatic carbocycles. The number of anilines is 1. The first-order valence-corrected chi connectivity index (χ1v) is 10.2. The van der Waals surface area contributed by atoms with E-state index in [0.717, 1.165) is 30.0 Å². The van der Waals surface area contributed by atoms with Crippen molar-refractivity contribution in [2.45, 2.75) is 13.0 Å². The first kappa shape index (κ1) is 20.3. The molecular formula is C24H25N5O2. The molecule has 4 N–H and O–H groups in total. The number of rotatable bonds is 7. The number of amides is 1. The smallest absolute Gasteiger partial charge is 0.291 e. The van der Waals surface area contributed by atoms with Crippen LogP contribution >= 0.6 is 0 Å². The van der Waals surface area contributed by atoms with Crippen molar-refractivity contribution < 1.29 is 9.21 Å². The van der Waals surface area contributed by atoms with Crippen LogP contribution in [0.3, 0.4) is 0 Å². The maximum atomic E-state index is 12.1. The minimum atomic E-state index is -0.273. The van der Waals surface area contributed by atoms with Crippen molar-refractivity contribution in [2.24, 2.45) is 4.99 Å². The maximum absolute atomic E-state index is 12.1. The first-order chi connectivity index (χ1) is 15.2. The molecule has 0 saturated carbocycles. The van der Waals surface area contributed by atoms with E-state index < -0.39 is 0 Å². The number of fused-ring (bicyclic) bond motifs is 1. The fourth-order valence-corrected chi connectivity index (χ4v) is 3.42. The van der Waals surface area contributed by atoms with Crippen molar-refractivity contribution in [3.63, 3.8) is 0 Å². The van der Waals surface area contributed by atoms with E-state index in [9.17, 15) is 4.79 Å². The molecule has 2 aromatic heterocycles. The number of nitrogens with one attached hydrogen (secondary N) is 4. The largest absolute Gasteiger partial charge is 0.459 e. The van der Waals surface area contributed by atoms with Crippen LogP contribution in [0.4, 0.5) is 5.69 Å². The number of carbonyl (C=O) groups is 1. The van der Waals surface area contributed by atoms with Gasteiger partial charge in [0.15, 0.2) is 11.7 Å². The topological polar surface area (TPSA) is 94.5 Å². The van der Waals surface area contributed by atoms with Gasteiger partial charge in [-0.1, -0.05) is 30.3 Å². The highest BCUT2D eigenvalue weighted by atomic mass is 16.3. The Morgan fingerprint density at radius 2 is 1.97 bits per heavy atom. The van der Waals surface area contributed by atoms with E-state index >= 15 is 0 Å². The first-order valence-electron chi connectivity index (χ1n) is 10.2. The molecule has 4 rings (SSSR count). The molecular weight excluding hydrogens is 390 g/mol. The van der Waals surface area contributed by atoms with Crippen molar-refractivity contribution in [2.75, 3.05) is 18.9 Å². The van der Waals surface area contributed by atoms with Gasteiger partial charge in [0.1, 0.15) is 0 Å². The average molecular weight is 415 g/mol. The molecule has 0 spiro atoms. The van der Waals surface area contributed by atoms with Crippen LogP contribution in [0.1, 0.15) is 21.7 Å². The maximum Gasteiger partial charge on any atom is 0.291 e. The summed E-state index contributed by atoms with van der Waals surface area (Å²) in [6.45, 7) is 1.35. The van der Waals surface area contributed by atoms with E-state index in [0.29, 0.717) is 12.2 Å². The van der Waals surface area contributed by atoms with Gasteiger partial charge in [-0.2, -0.15) is 0 Å². The van der Waals surface area contributed by atoms with Gasteiger partial charge in [0.2, 0.25) is 0 Å². The molecule has 158 valence electrons. The lowest BCUT2D eigenvalue weighted by molar-refractivity contribution is 0.0996. The Morgan fingerprint density at radius 1 is 1.06 bits per heavy atom. The predicted octanol–water partition coefficient (Wildman–Crippen LogP) is 3.92. The molecule has 0 radical (unpaired) electrons. The molecule has 0 atom stereocenters. The number of benzene rings is 2. The van der Waals surface area contributed by atoms with Crippen LogP contribution in [-0.2, 0) is 13.0 Å². The van der Waals surface area contributed by atoms with Gasteiger partial charge in [-0.05, 0) is 47.9 Å². The minimum Gasteiger partial charge on any atom is -0.459 e. The van der Waals surface area contributed by atoms with E-state index in [4.69, 9.17) is 4.42 Å². The monoisotopic (exact) mass is 415 g/mol. The molecule has 0 fully saturated rings. The molecule has 1 amide bonds. The van der Waals surface area contributed by atoms with Crippen LogP contribution in [0, 0.1) is 0 Å². The van der Waals surface area contributed by atoms with Crippen molar-refractivity contribution in [1.29, 1.82) is 0 Å². The lowest BCUT2D eigenvalue weighted by Crippen LogP contribution is -2.37. The van der Waals surface area contributed by atoms with E-state index in [-0.39, 0.29) is 11.7 Å². The third-order valence-electron chi connectivity index (χ3n) is 4.98. The van der Waals surface area contributed by atoms with Gasteiger partial charge in [-0.15, -0.1) is 0 Å². The molecule has 31 heavy (non-hydrogen) atoms. The summed E-state index contributed by atoms with van der Waals surface area (Å²) < 4.78 is 5.13. The molecule has 2 heterocycles. The van der Waals surface area contributed by atoms with Crippen molar-refractivity contribution in [3.05, 3.63) is 90.0 Å². The second-order valence-corrected chi connectivity index (χ2v) is 7.09. The van der Waals surface area contributed by atoms with Crippen molar-refractivity contribution in [1.82, 2.24) is 15.6 Å². The van der Waals surface area contributed by atoms with Gasteiger partial charge >= 0.3 is 0 Å². The van der Waals surface area contributed by atoms with Gasteiger partial charge in [-0.3, -0.25) is 9.79 Å². The highest BCUT2D eigenvalue weighted by Crippen LogP contribution is 2.17. The van der Waals surface area contributed by atoms with Crippen LogP contribution in [0.5, 0.6) is 0 Å². The number of furan rings is 1. The highest BCUT2D eigenvalue weighted by molar-refractivity contribution is 6.02. The zero-order valence-corrected chi connectivity index (χ0v) is 17.3. The van der Waals surface area contributed by atoms with Gasteiger partial charge in [-0.25, -0.2) is 0 Å². The fraction of sp³-hybridized carbons (Fsp3) is 0.167. The van der Waals surface area contributed by atoms with Crippen LogP contribution in [0.25, 0.3) is 10.9 Å². The Morgan fingerprint density at radius 3 is 2.81 bits per heavy atom. The van der Waals surface area contributed by atoms with E-state index in [2.05, 4.69) is 50.3 Å². The Hall–Kier alpha value is -4.00. The second-order valence-electron chi connectivity index (χ2n) is 7.09. The summed E-state index contributed by atoms with van der Waals surface area (Å²) in [7, 11) is 1.75. The average Bonchev–Trinajstić information content (AvgIpc) is 3.47. The molecule has 7 heteroatoms. The Balaban J connectivity index is 1.28. The number of guanidine groups is 1. The van der Waals surface area contributed by atoms with Gasteiger partial charge in [0.05, 0.1) is 6.26 Å². The van der Waals surface area contributed by atoms with E-state index in [1.807, 2.05) is 30.3 Å². The van der Waals surface area contributed by atoms with Crippen LogP contribution < -0.4 is 16.0 Å². The van der Waals surface area contributed by atoms with Crippen LogP contribution in [0.15, 0.2) is 82.5 Å². The Labute approximate surface area is 180 Å². The lowest BCUT2D eigenvalue weighted by atomic mass is 10.1. The lowest BCUT2D eigenvalue weighted by Gasteiger charge is -2.12. The minimum absolute atomic E-state index is 0.273. The van der Waals surface area contributed by atoms with Gasteiger partial charge in [0.25, 0.3) is 5.91 Å². The molecule has 0 saturated heterocycles. The van der Waals surface area contributed by atoms with Gasteiger partial charge < -0.3 is 25.4 Å². The second kappa shape index (κ2) is 9.67. The molecule has 4 aromatic rings. The summed E-state index contributed by atoms with van der Waals surface area (Å²) in [5, 5.41) is 10.8. The zero-order chi connectivity index (χ0) is 21.5. The number of aromatic nitrogens is 1. The number of hydrogen-bond donors (Lipinski definition) is 4. The summed E-state index contributed by atoms with van der Waals surface area (Å²) in [4.78, 5) is 19.7. The number of para-hydroxylation sites is 1. The number of aliphatic imine (C=N–C) groups is 1. The van der Waals surface area contributed by atoms with Crippen LogP contribution in [0.2, 0.25) is 0 Å². The molecule has 7 nitrogen and oxygen atoms in total. The third-order valence-corrected chi connectivity index (χ3v) is 4.98.